The lowest BCUT2D eigenvalue weighted by Gasteiger charge is -2.10. The summed E-state index contributed by atoms with van der Waals surface area (Å²) in [7, 11) is 0. The van der Waals surface area contributed by atoms with Gasteiger partial charge in [0.25, 0.3) is 5.91 Å². The highest BCUT2D eigenvalue weighted by atomic mass is 35.5. The third-order valence-corrected chi connectivity index (χ3v) is 4.43. The van der Waals surface area contributed by atoms with Crippen molar-refractivity contribution in [3.63, 3.8) is 0 Å². The second-order valence-electron chi connectivity index (χ2n) is 6.11. The zero-order valence-electron chi connectivity index (χ0n) is 14.8. The predicted octanol–water partition coefficient (Wildman–Crippen LogP) is 2.58. The maximum atomic E-state index is 13.0. The number of carbonyl (C=O) groups excluding carboxylic acids is 3. The van der Waals surface area contributed by atoms with Crippen LogP contribution in [0.15, 0.2) is 47.6 Å². The highest BCUT2D eigenvalue weighted by Crippen LogP contribution is 2.27. The summed E-state index contributed by atoms with van der Waals surface area (Å²) in [6, 6.07) is 10.3. The molecule has 9 heteroatoms. The van der Waals surface area contributed by atoms with Crippen LogP contribution in [0.3, 0.4) is 0 Å². The fourth-order valence-electron chi connectivity index (χ4n) is 2.65. The molecule has 3 amide bonds. The van der Waals surface area contributed by atoms with Crippen LogP contribution >= 0.6 is 11.6 Å². The number of alkyl halides is 1. The van der Waals surface area contributed by atoms with Gasteiger partial charge in [-0.1, -0.05) is 12.1 Å². The SMILES string of the molecule is CC(C(=O)N/N=C1\C(=O)Nc2ccc(NC(=O)CCl)cc21)c1ccc(F)cc1. The molecule has 1 aliphatic rings. The van der Waals surface area contributed by atoms with Crippen molar-refractivity contribution in [2.75, 3.05) is 16.5 Å². The summed E-state index contributed by atoms with van der Waals surface area (Å²) in [6.07, 6.45) is 0. The first-order valence-corrected chi connectivity index (χ1v) is 8.87. The lowest BCUT2D eigenvalue weighted by atomic mass is 10.0. The quantitative estimate of drug-likeness (QED) is 0.529. The smallest absolute Gasteiger partial charge is 0.276 e. The molecular formula is C19H16ClFN4O3. The Kier molecular flexibility index (Phi) is 5.70. The Bertz CT molecular complexity index is 976. The van der Waals surface area contributed by atoms with E-state index in [1.807, 2.05) is 0 Å². The van der Waals surface area contributed by atoms with E-state index in [0.29, 0.717) is 22.5 Å². The van der Waals surface area contributed by atoms with Gasteiger partial charge in [-0.05, 0) is 42.8 Å². The highest BCUT2D eigenvalue weighted by Gasteiger charge is 2.27. The molecule has 1 unspecified atom stereocenters. The van der Waals surface area contributed by atoms with Crippen LogP contribution < -0.4 is 16.1 Å². The first kappa shape index (κ1) is 19.5. The summed E-state index contributed by atoms with van der Waals surface area (Å²) in [5, 5.41) is 9.16. The molecule has 1 aliphatic heterocycles. The van der Waals surface area contributed by atoms with Gasteiger partial charge in [-0.3, -0.25) is 14.4 Å². The third-order valence-electron chi connectivity index (χ3n) is 4.18. The third kappa shape index (κ3) is 4.17. The number of nitrogens with one attached hydrogen (secondary N) is 3. The van der Waals surface area contributed by atoms with Gasteiger partial charge in [0.05, 0.1) is 11.6 Å². The van der Waals surface area contributed by atoms with Crippen LogP contribution in [0.1, 0.15) is 24.0 Å². The molecule has 2 aromatic carbocycles. The number of nitrogens with zero attached hydrogens (tertiary/aromatic N) is 1. The predicted molar refractivity (Wildman–Crippen MR) is 104 cm³/mol. The second-order valence-corrected chi connectivity index (χ2v) is 6.37. The van der Waals surface area contributed by atoms with Crippen molar-refractivity contribution in [1.29, 1.82) is 0 Å². The Hall–Kier alpha value is -3.26. The normalized spacial score (nSPS) is 15.0. The molecule has 0 aliphatic carbocycles. The highest BCUT2D eigenvalue weighted by molar-refractivity contribution is 6.54. The summed E-state index contributed by atoms with van der Waals surface area (Å²) in [5.74, 6) is -2.51. The van der Waals surface area contributed by atoms with E-state index in [9.17, 15) is 18.8 Å². The number of anilines is 2. The minimum Gasteiger partial charge on any atom is -0.325 e. The van der Waals surface area contributed by atoms with Crippen molar-refractivity contribution < 1.29 is 18.8 Å². The minimum absolute atomic E-state index is 0.0108. The molecule has 3 N–H and O–H groups in total. The molecule has 0 saturated carbocycles. The lowest BCUT2D eigenvalue weighted by molar-refractivity contribution is -0.122. The zero-order chi connectivity index (χ0) is 20.3. The van der Waals surface area contributed by atoms with E-state index in [2.05, 4.69) is 21.2 Å². The van der Waals surface area contributed by atoms with Gasteiger partial charge < -0.3 is 10.6 Å². The number of carbonyl (C=O) groups is 3. The van der Waals surface area contributed by atoms with Gasteiger partial charge in [0.15, 0.2) is 5.71 Å². The van der Waals surface area contributed by atoms with Crippen LogP contribution in [-0.4, -0.2) is 29.3 Å². The van der Waals surface area contributed by atoms with E-state index in [1.165, 1.54) is 24.3 Å². The van der Waals surface area contributed by atoms with Crippen molar-refractivity contribution in [1.82, 2.24) is 5.43 Å². The number of hydrazone groups is 1. The number of amides is 3. The van der Waals surface area contributed by atoms with Gasteiger partial charge in [-0.15, -0.1) is 11.6 Å². The largest absolute Gasteiger partial charge is 0.325 e. The molecule has 7 nitrogen and oxygen atoms in total. The van der Waals surface area contributed by atoms with Crippen molar-refractivity contribution in [3.05, 3.63) is 59.4 Å². The summed E-state index contributed by atoms with van der Waals surface area (Å²) >= 11 is 5.47. The summed E-state index contributed by atoms with van der Waals surface area (Å²) in [4.78, 5) is 35.9. The van der Waals surface area contributed by atoms with Crippen LogP contribution in [0.25, 0.3) is 0 Å². The van der Waals surface area contributed by atoms with E-state index < -0.39 is 23.5 Å². The van der Waals surface area contributed by atoms with Crippen LogP contribution in [0, 0.1) is 5.82 Å². The number of hydrogen-bond donors (Lipinski definition) is 3. The Labute approximate surface area is 165 Å². The molecule has 3 rings (SSSR count). The van der Waals surface area contributed by atoms with Crippen molar-refractivity contribution in [3.8, 4) is 0 Å². The molecule has 28 heavy (non-hydrogen) atoms. The van der Waals surface area contributed by atoms with Crippen molar-refractivity contribution in [2.45, 2.75) is 12.8 Å². The van der Waals surface area contributed by atoms with E-state index in [1.54, 1.807) is 25.1 Å². The number of rotatable bonds is 5. The zero-order valence-corrected chi connectivity index (χ0v) is 15.5. The number of halogens is 2. The van der Waals surface area contributed by atoms with Crippen molar-refractivity contribution in [2.24, 2.45) is 5.10 Å². The van der Waals surface area contributed by atoms with E-state index in [4.69, 9.17) is 11.6 Å². The average Bonchev–Trinajstić information content (AvgIpc) is 3.00. The monoisotopic (exact) mass is 402 g/mol. The molecule has 0 aromatic heterocycles. The Morgan fingerprint density at radius 1 is 1.21 bits per heavy atom. The van der Waals surface area contributed by atoms with Gasteiger partial charge >= 0.3 is 0 Å². The fourth-order valence-corrected chi connectivity index (χ4v) is 2.71. The van der Waals surface area contributed by atoms with Gasteiger partial charge in [-0.2, -0.15) is 5.10 Å². The number of hydrogen-bond acceptors (Lipinski definition) is 4. The van der Waals surface area contributed by atoms with Crippen LogP contribution in [0.2, 0.25) is 0 Å². The summed E-state index contributed by atoms with van der Waals surface area (Å²) in [6.45, 7) is 1.64. The van der Waals surface area contributed by atoms with E-state index in [0.717, 1.165) is 0 Å². The topological polar surface area (TPSA) is 99.7 Å². The Morgan fingerprint density at radius 3 is 2.61 bits per heavy atom. The Balaban J connectivity index is 1.78. The molecule has 1 atom stereocenters. The fraction of sp³-hybridized carbons (Fsp3) is 0.158. The van der Waals surface area contributed by atoms with Gasteiger partial charge in [-0.25, -0.2) is 9.82 Å². The number of benzene rings is 2. The first-order chi connectivity index (χ1) is 13.4. The molecule has 144 valence electrons. The first-order valence-electron chi connectivity index (χ1n) is 8.33. The molecular weight excluding hydrogens is 387 g/mol. The molecule has 0 radical (unpaired) electrons. The lowest BCUT2D eigenvalue weighted by Crippen LogP contribution is -2.27. The van der Waals surface area contributed by atoms with Crippen molar-refractivity contribution >= 4 is 46.4 Å². The molecule has 0 spiro atoms. The second kappa shape index (κ2) is 8.18. The Morgan fingerprint density at radius 2 is 1.93 bits per heavy atom. The van der Waals surface area contributed by atoms with E-state index >= 15 is 0 Å². The maximum absolute atomic E-state index is 13.0. The van der Waals surface area contributed by atoms with E-state index in [-0.39, 0.29) is 17.5 Å². The van der Waals surface area contributed by atoms with Gasteiger partial charge in [0, 0.05) is 11.3 Å². The molecule has 0 saturated heterocycles. The standard InChI is InChI=1S/C19H16ClFN4O3/c1-10(11-2-4-12(21)5-3-11)18(27)25-24-17-14-8-13(22-16(26)9-20)6-7-15(14)23-19(17)28/h2-8,10H,9H2,1H3,(H,22,26)(H,25,27)(H,23,24,28). The van der Waals surface area contributed by atoms with Gasteiger partial charge in [0.1, 0.15) is 11.7 Å². The van der Waals surface area contributed by atoms with Crippen LogP contribution in [0.5, 0.6) is 0 Å². The number of fused-ring (bicyclic) bond motifs is 1. The minimum atomic E-state index is -0.594. The van der Waals surface area contributed by atoms with Crippen LogP contribution in [0.4, 0.5) is 15.8 Å². The van der Waals surface area contributed by atoms with Crippen LogP contribution in [-0.2, 0) is 14.4 Å². The molecule has 2 aromatic rings. The summed E-state index contributed by atoms with van der Waals surface area (Å²) < 4.78 is 13.0. The molecule has 1 heterocycles. The summed E-state index contributed by atoms with van der Waals surface area (Å²) in [5.41, 5.74) is 4.38. The molecule has 0 bridgehead atoms. The van der Waals surface area contributed by atoms with Gasteiger partial charge in [0.2, 0.25) is 11.8 Å². The molecule has 0 fully saturated rings. The average molecular weight is 403 g/mol. The maximum Gasteiger partial charge on any atom is 0.276 e.